The van der Waals surface area contributed by atoms with Crippen molar-refractivity contribution in [2.24, 2.45) is 11.8 Å². The van der Waals surface area contributed by atoms with Crippen molar-refractivity contribution in [3.8, 4) is 0 Å². The van der Waals surface area contributed by atoms with Crippen LogP contribution in [0.1, 0.15) is 58.8 Å². The van der Waals surface area contributed by atoms with Crippen LogP contribution in [0.25, 0.3) is 0 Å². The Morgan fingerprint density at radius 3 is 2.75 bits per heavy atom. The predicted molar refractivity (Wildman–Crippen MR) is 66.5 cm³/mol. The average Bonchev–Trinajstić information content (AvgIpc) is 2.34. The fourth-order valence-electron chi connectivity index (χ4n) is 2.58. The van der Waals surface area contributed by atoms with Gasteiger partial charge in [0.25, 0.3) is 0 Å². The van der Waals surface area contributed by atoms with Crippen LogP contribution in [0.2, 0.25) is 0 Å². The minimum absolute atomic E-state index is 0.337. The standard InChI is InChI=1S/C14H26O2/c1-3-9-16-10-8-14(15)13-7-5-6-12(4-2)11-13/h12-13H,3-11H2,1-2H3. The molecular formula is C14H26O2. The summed E-state index contributed by atoms with van der Waals surface area (Å²) in [6.07, 6.45) is 7.70. The molecule has 0 amide bonds. The molecule has 1 fully saturated rings. The predicted octanol–water partition coefficient (Wildman–Crippen LogP) is 3.59. The van der Waals surface area contributed by atoms with Gasteiger partial charge in [-0.05, 0) is 25.2 Å². The molecule has 2 unspecified atom stereocenters. The first-order valence-electron chi connectivity index (χ1n) is 6.88. The van der Waals surface area contributed by atoms with Crippen LogP contribution in [0.15, 0.2) is 0 Å². The van der Waals surface area contributed by atoms with Gasteiger partial charge in [0, 0.05) is 18.9 Å². The lowest BCUT2D eigenvalue weighted by atomic mass is 9.78. The number of ether oxygens (including phenoxy) is 1. The Morgan fingerprint density at radius 2 is 2.06 bits per heavy atom. The molecule has 16 heavy (non-hydrogen) atoms. The smallest absolute Gasteiger partial charge is 0.138 e. The molecule has 2 nitrogen and oxygen atoms in total. The molecule has 0 aromatic carbocycles. The van der Waals surface area contributed by atoms with E-state index in [1.54, 1.807) is 0 Å². The molecule has 0 spiro atoms. The first-order valence-corrected chi connectivity index (χ1v) is 6.88. The van der Waals surface area contributed by atoms with E-state index >= 15 is 0 Å². The topological polar surface area (TPSA) is 26.3 Å². The van der Waals surface area contributed by atoms with Crippen LogP contribution in [-0.4, -0.2) is 19.0 Å². The van der Waals surface area contributed by atoms with Gasteiger partial charge >= 0.3 is 0 Å². The van der Waals surface area contributed by atoms with E-state index in [1.807, 2.05) is 0 Å². The SMILES string of the molecule is CCCOCCC(=O)C1CCCC(CC)C1. The minimum atomic E-state index is 0.337. The molecule has 0 bridgehead atoms. The molecular weight excluding hydrogens is 200 g/mol. The Balaban J connectivity index is 2.19. The Morgan fingerprint density at radius 1 is 1.25 bits per heavy atom. The summed E-state index contributed by atoms with van der Waals surface area (Å²) in [5.41, 5.74) is 0. The fourth-order valence-corrected chi connectivity index (χ4v) is 2.58. The molecule has 2 atom stereocenters. The summed E-state index contributed by atoms with van der Waals surface area (Å²) in [4.78, 5) is 11.9. The second-order valence-electron chi connectivity index (χ2n) is 4.97. The van der Waals surface area contributed by atoms with Gasteiger partial charge in [0.05, 0.1) is 6.61 Å². The molecule has 0 aliphatic heterocycles. The molecule has 1 saturated carbocycles. The van der Waals surface area contributed by atoms with Gasteiger partial charge in [-0.25, -0.2) is 0 Å². The zero-order valence-electron chi connectivity index (χ0n) is 10.8. The molecule has 0 N–H and O–H groups in total. The summed E-state index contributed by atoms with van der Waals surface area (Å²) in [5.74, 6) is 1.57. The van der Waals surface area contributed by atoms with Gasteiger partial charge in [-0.2, -0.15) is 0 Å². The van der Waals surface area contributed by atoms with E-state index in [1.165, 1.54) is 19.3 Å². The highest BCUT2D eigenvalue weighted by Crippen LogP contribution is 2.31. The quantitative estimate of drug-likeness (QED) is 0.620. The Labute approximate surface area is 99.8 Å². The van der Waals surface area contributed by atoms with Crippen LogP contribution in [0, 0.1) is 11.8 Å². The number of rotatable bonds is 7. The van der Waals surface area contributed by atoms with E-state index in [9.17, 15) is 4.79 Å². The van der Waals surface area contributed by atoms with Crippen LogP contribution in [0.5, 0.6) is 0 Å². The van der Waals surface area contributed by atoms with Gasteiger partial charge in [0.15, 0.2) is 0 Å². The first-order chi connectivity index (χ1) is 7.77. The Hall–Kier alpha value is -0.370. The van der Waals surface area contributed by atoms with E-state index in [0.29, 0.717) is 24.7 Å². The third-order valence-electron chi connectivity index (χ3n) is 3.66. The van der Waals surface area contributed by atoms with E-state index in [0.717, 1.165) is 31.8 Å². The summed E-state index contributed by atoms with van der Waals surface area (Å²) in [6.45, 7) is 5.74. The molecule has 0 aromatic heterocycles. The molecule has 0 aromatic rings. The van der Waals surface area contributed by atoms with Crippen molar-refractivity contribution in [3.05, 3.63) is 0 Å². The van der Waals surface area contributed by atoms with Crippen LogP contribution < -0.4 is 0 Å². The molecule has 0 heterocycles. The van der Waals surface area contributed by atoms with Crippen molar-refractivity contribution in [1.82, 2.24) is 0 Å². The molecule has 0 saturated heterocycles. The lowest BCUT2D eigenvalue weighted by Gasteiger charge is -2.27. The highest BCUT2D eigenvalue weighted by molar-refractivity contribution is 5.81. The lowest BCUT2D eigenvalue weighted by molar-refractivity contribution is -0.125. The van der Waals surface area contributed by atoms with Crippen molar-refractivity contribution < 1.29 is 9.53 Å². The third kappa shape index (κ3) is 4.65. The number of Topliss-reactive ketones (excluding diaryl/α,β-unsaturated/α-hetero) is 1. The summed E-state index contributed by atoms with van der Waals surface area (Å²) in [7, 11) is 0. The summed E-state index contributed by atoms with van der Waals surface area (Å²) >= 11 is 0. The maximum absolute atomic E-state index is 11.9. The highest BCUT2D eigenvalue weighted by atomic mass is 16.5. The van der Waals surface area contributed by atoms with Crippen molar-refractivity contribution in [1.29, 1.82) is 0 Å². The summed E-state index contributed by atoms with van der Waals surface area (Å²) < 4.78 is 5.38. The number of hydrogen-bond donors (Lipinski definition) is 0. The number of hydrogen-bond acceptors (Lipinski definition) is 2. The normalized spacial score (nSPS) is 25.6. The van der Waals surface area contributed by atoms with Gasteiger partial charge in [-0.1, -0.05) is 33.1 Å². The van der Waals surface area contributed by atoms with E-state index in [2.05, 4.69) is 13.8 Å². The maximum Gasteiger partial charge on any atom is 0.138 e. The second-order valence-corrected chi connectivity index (χ2v) is 4.97. The number of carbonyl (C=O) groups is 1. The minimum Gasteiger partial charge on any atom is -0.381 e. The zero-order valence-corrected chi connectivity index (χ0v) is 10.8. The van der Waals surface area contributed by atoms with Gasteiger partial charge in [0.1, 0.15) is 5.78 Å². The third-order valence-corrected chi connectivity index (χ3v) is 3.66. The Kier molecular flexibility index (Phi) is 6.70. The van der Waals surface area contributed by atoms with Crippen LogP contribution in [0.3, 0.4) is 0 Å². The van der Waals surface area contributed by atoms with Gasteiger partial charge in [-0.3, -0.25) is 4.79 Å². The lowest BCUT2D eigenvalue weighted by Crippen LogP contribution is -2.23. The monoisotopic (exact) mass is 226 g/mol. The van der Waals surface area contributed by atoms with Crippen LogP contribution in [-0.2, 0) is 9.53 Å². The Bertz CT molecular complexity index is 201. The molecule has 2 heteroatoms. The van der Waals surface area contributed by atoms with E-state index in [-0.39, 0.29) is 0 Å². The van der Waals surface area contributed by atoms with Gasteiger partial charge < -0.3 is 4.74 Å². The van der Waals surface area contributed by atoms with Crippen molar-refractivity contribution in [2.45, 2.75) is 58.8 Å². The maximum atomic E-state index is 11.9. The second kappa shape index (κ2) is 7.83. The summed E-state index contributed by atoms with van der Waals surface area (Å²) in [6, 6.07) is 0. The highest BCUT2D eigenvalue weighted by Gasteiger charge is 2.25. The molecule has 0 radical (unpaired) electrons. The van der Waals surface area contributed by atoms with Crippen LogP contribution >= 0.6 is 0 Å². The molecule has 1 rings (SSSR count). The van der Waals surface area contributed by atoms with E-state index in [4.69, 9.17) is 4.74 Å². The number of ketones is 1. The van der Waals surface area contributed by atoms with Gasteiger partial charge in [-0.15, -0.1) is 0 Å². The van der Waals surface area contributed by atoms with Crippen molar-refractivity contribution in [2.75, 3.05) is 13.2 Å². The largest absolute Gasteiger partial charge is 0.381 e. The van der Waals surface area contributed by atoms with Crippen molar-refractivity contribution >= 4 is 5.78 Å². The molecule has 94 valence electrons. The molecule has 1 aliphatic rings. The zero-order chi connectivity index (χ0) is 11.8. The average molecular weight is 226 g/mol. The first kappa shape index (κ1) is 13.7. The van der Waals surface area contributed by atoms with Crippen molar-refractivity contribution in [3.63, 3.8) is 0 Å². The number of carbonyl (C=O) groups excluding carboxylic acids is 1. The summed E-state index contributed by atoms with van der Waals surface area (Å²) in [5, 5.41) is 0. The van der Waals surface area contributed by atoms with E-state index < -0.39 is 0 Å². The fraction of sp³-hybridized carbons (Fsp3) is 0.929. The molecule has 1 aliphatic carbocycles. The van der Waals surface area contributed by atoms with Gasteiger partial charge in [0.2, 0.25) is 0 Å². The van der Waals surface area contributed by atoms with Crippen LogP contribution in [0.4, 0.5) is 0 Å².